The van der Waals surface area contributed by atoms with Crippen LogP contribution in [-0.2, 0) is 16.0 Å². The van der Waals surface area contributed by atoms with Gasteiger partial charge in [-0.05, 0) is 62.5 Å². The number of fused-ring (bicyclic) bond motifs is 2. The lowest BCUT2D eigenvalue weighted by atomic mass is 9.77. The highest BCUT2D eigenvalue weighted by molar-refractivity contribution is 6.00. The molecule has 0 bridgehead atoms. The highest BCUT2D eigenvalue weighted by Crippen LogP contribution is 2.41. The number of carbonyl (C=O) groups excluding carboxylic acids is 2. The van der Waals surface area contributed by atoms with Gasteiger partial charge in [-0.15, -0.1) is 12.4 Å². The van der Waals surface area contributed by atoms with Crippen molar-refractivity contribution in [3.05, 3.63) is 29.8 Å². The third-order valence-corrected chi connectivity index (χ3v) is 8.07. The zero-order valence-corrected chi connectivity index (χ0v) is 18.7. The quantitative estimate of drug-likeness (QED) is 0.780. The van der Waals surface area contributed by atoms with Gasteiger partial charge >= 0.3 is 0 Å². The van der Waals surface area contributed by atoms with Crippen molar-refractivity contribution in [2.75, 3.05) is 18.0 Å². The molecule has 4 aliphatic rings. The first-order valence-electron chi connectivity index (χ1n) is 11.5. The van der Waals surface area contributed by atoms with E-state index in [2.05, 4.69) is 19.1 Å². The molecule has 6 heteroatoms. The molecule has 2 saturated carbocycles. The number of likely N-dealkylation sites (tertiary alicyclic amines) is 1. The Morgan fingerprint density at radius 3 is 2.40 bits per heavy atom. The van der Waals surface area contributed by atoms with Crippen LogP contribution in [0.5, 0.6) is 0 Å². The Morgan fingerprint density at radius 2 is 1.67 bits per heavy atom. The van der Waals surface area contributed by atoms with Crippen LogP contribution in [0.2, 0.25) is 0 Å². The lowest BCUT2D eigenvalue weighted by Crippen LogP contribution is -2.48. The first kappa shape index (κ1) is 21.6. The number of benzene rings is 1. The molecule has 6 atom stereocenters. The van der Waals surface area contributed by atoms with Crippen LogP contribution in [0, 0.1) is 23.7 Å². The summed E-state index contributed by atoms with van der Waals surface area (Å²) in [5, 5.41) is 0. The summed E-state index contributed by atoms with van der Waals surface area (Å²) in [5.74, 6) is 1.06. The van der Waals surface area contributed by atoms with Crippen LogP contribution in [0.3, 0.4) is 0 Å². The van der Waals surface area contributed by atoms with E-state index in [0.29, 0.717) is 11.8 Å². The topological polar surface area (TPSA) is 66.6 Å². The van der Waals surface area contributed by atoms with Gasteiger partial charge in [0, 0.05) is 36.8 Å². The molecule has 0 radical (unpaired) electrons. The second-order valence-corrected chi connectivity index (χ2v) is 9.80. The average Bonchev–Trinajstić information content (AvgIpc) is 3.40. The molecule has 164 valence electrons. The molecule has 0 spiro atoms. The summed E-state index contributed by atoms with van der Waals surface area (Å²) < 4.78 is 0. The molecule has 0 aromatic heterocycles. The van der Waals surface area contributed by atoms with E-state index in [9.17, 15) is 9.59 Å². The standard InChI is InChI=1S/C24H33N3O2.ClH/c1-15-12-16-6-2-5-9-22(16)27(15)24(29)19-8-4-3-7-18(19)23(28)26-13-17-10-11-21(25)20(17)14-26;/h2,5-6,9,15,17-21H,3-4,7-8,10-14,25H2,1H3;1H. The van der Waals surface area contributed by atoms with E-state index in [-0.39, 0.29) is 48.1 Å². The largest absolute Gasteiger partial charge is 0.342 e. The molecule has 2 aliphatic heterocycles. The zero-order chi connectivity index (χ0) is 20.1. The molecular weight excluding hydrogens is 398 g/mol. The fraction of sp³-hybridized carbons (Fsp3) is 0.667. The lowest BCUT2D eigenvalue weighted by molar-refractivity contribution is -0.142. The van der Waals surface area contributed by atoms with Gasteiger partial charge in [0.15, 0.2) is 0 Å². The SMILES string of the molecule is CC1Cc2ccccc2N1C(=O)C1CCCCC1C(=O)N1CC2CCC(N)C2C1.Cl. The van der Waals surface area contributed by atoms with Crippen LogP contribution >= 0.6 is 12.4 Å². The fourth-order valence-corrected chi connectivity index (χ4v) is 6.52. The highest BCUT2D eigenvalue weighted by atomic mass is 35.5. The molecule has 2 heterocycles. The smallest absolute Gasteiger partial charge is 0.231 e. The summed E-state index contributed by atoms with van der Waals surface area (Å²) in [6.07, 6.45) is 6.91. The van der Waals surface area contributed by atoms with Gasteiger partial charge in [-0.25, -0.2) is 0 Å². The van der Waals surface area contributed by atoms with E-state index in [1.807, 2.05) is 21.9 Å². The number of anilines is 1. The molecule has 2 N–H and O–H groups in total. The minimum atomic E-state index is -0.182. The van der Waals surface area contributed by atoms with Gasteiger partial charge in [-0.3, -0.25) is 9.59 Å². The van der Waals surface area contributed by atoms with Crippen LogP contribution in [0.1, 0.15) is 51.0 Å². The van der Waals surface area contributed by atoms with E-state index in [0.717, 1.165) is 63.7 Å². The molecule has 2 aliphatic carbocycles. The Hall–Kier alpha value is -1.59. The second-order valence-electron chi connectivity index (χ2n) is 9.80. The van der Waals surface area contributed by atoms with Crippen molar-refractivity contribution < 1.29 is 9.59 Å². The van der Waals surface area contributed by atoms with Gasteiger partial charge in [-0.1, -0.05) is 31.0 Å². The summed E-state index contributed by atoms with van der Waals surface area (Å²) in [5.41, 5.74) is 8.57. The van der Waals surface area contributed by atoms with Gasteiger partial charge in [0.25, 0.3) is 0 Å². The summed E-state index contributed by atoms with van der Waals surface area (Å²) in [6.45, 7) is 3.77. The third kappa shape index (κ3) is 3.54. The minimum Gasteiger partial charge on any atom is -0.342 e. The predicted molar refractivity (Wildman–Crippen MR) is 121 cm³/mol. The van der Waals surface area contributed by atoms with Gasteiger partial charge in [0.2, 0.25) is 11.8 Å². The Kier molecular flexibility index (Phi) is 6.13. The van der Waals surface area contributed by atoms with Crippen molar-refractivity contribution in [1.29, 1.82) is 0 Å². The lowest BCUT2D eigenvalue weighted by Gasteiger charge is -2.36. The molecular formula is C24H34ClN3O2. The van der Waals surface area contributed by atoms with Crippen molar-refractivity contribution in [1.82, 2.24) is 4.90 Å². The van der Waals surface area contributed by atoms with E-state index in [4.69, 9.17) is 5.73 Å². The number of carbonyl (C=O) groups is 2. The number of nitrogens with two attached hydrogens (primary N) is 1. The van der Waals surface area contributed by atoms with Crippen LogP contribution in [0.25, 0.3) is 0 Å². The monoisotopic (exact) mass is 431 g/mol. The van der Waals surface area contributed by atoms with Crippen LogP contribution < -0.4 is 10.6 Å². The maximum Gasteiger partial charge on any atom is 0.231 e. The number of nitrogens with zero attached hydrogens (tertiary/aromatic N) is 2. The van der Waals surface area contributed by atoms with E-state index >= 15 is 0 Å². The van der Waals surface area contributed by atoms with Crippen LogP contribution in [-0.4, -0.2) is 41.9 Å². The van der Waals surface area contributed by atoms with E-state index < -0.39 is 0 Å². The number of halogens is 1. The first-order valence-corrected chi connectivity index (χ1v) is 11.5. The molecule has 2 amide bonds. The Bertz CT molecular complexity index is 815. The maximum absolute atomic E-state index is 13.7. The maximum atomic E-state index is 13.7. The number of rotatable bonds is 2. The van der Waals surface area contributed by atoms with E-state index in [1.54, 1.807) is 0 Å². The Balaban J connectivity index is 0.00000218. The normalized spacial score (nSPS) is 35.0. The number of hydrogen-bond donors (Lipinski definition) is 1. The highest BCUT2D eigenvalue weighted by Gasteiger charge is 2.47. The Labute approximate surface area is 185 Å². The molecule has 3 fully saturated rings. The molecule has 5 rings (SSSR count). The fourth-order valence-electron chi connectivity index (χ4n) is 6.52. The van der Waals surface area contributed by atoms with Crippen molar-refractivity contribution in [3.63, 3.8) is 0 Å². The average molecular weight is 432 g/mol. The van der Waals surface area contributed by atoms with Gasteiger partial charge in [-0.2, -0.15) is 0 Å². The van der Waals surface area contributed by atoms with Crippen molar-refractivity contribution >= 4 is 29.9 Å². The van der Waals surface area contributed by atoms with Crippen LogP contribution in [0.15, 0.2) is 24.3 Å². The van der Waals surface area contributed by atoms with Gasteiger partial charge < -0.3 is 15.5 Å². The number of para-hydroxylation sites is 1. The second kappa shape index (κ2) is 8.51. The summed E-state index contributed by atoms with van der Waals surface area (Å²) in [6, 6.07) is 8.63. The predicted octanol–water partition coefficient (Wildman–Crippen LogP) is 3.39. The van der Waals surface area contributed by atoms with Crippen LogP contribution in [0.4, 0.5) is 5.69 Å². The number of hydrogen-bond acceptors (Lipinski definition) is 3. The van der Waals surface area contributed by atoms with Crippen molar-refractivity contribution in [3.8, 4) is 0 Å². The van der Waals surface area contributed by atoms with Crippen molar-refractivity contribution in [2.24, 2.45) is 29.4 Å². The molecule has 30 heavy (non-hydrogen) atoms. The number of amides is 2. The molecule has 5 nitrogen and oxygen atoms in total. The molecule has 6 unspecified atom stereocenters. The van der Waals surface area contributed by atoms with Crippen molar-refractivity contribution in [2.45, 2.75) is 64.0 Å². The summed E-state index contributed by atoms with van der Waals surface area (Å²) in [7, 11) is 0. The first-order chi connectivity index (χ1) is 14.0. The summed E-state index contributed by atoms with van der Waals surface area (Å²) in [4.78, 5) is 31.2. The third-order valence-electron chi connectivity index (χ3n) is 8.07. The van der Waals surface area contributed by atoms with E-state index in [1.165, 1.54) is 5.56 Å². The molecule has 1 aromatic carbocycles. The van der Waals surface area contributed by atoms with Gasteiger partial charge in [0.1, 0.15) is 0 Å². The zero-order valence-electron chi connectivity index (χ0n) is 17.8. The molecule has 1 aromatic rings. The van der Waals surface area contributed by atoms with Gasteiger partial charge in [0.05, 0.1) is 5.92 Å². The molecule has 1 saturated heterocycles. The Morgan fingerprint density at radius 1 is 0.967 bits per heavy atom. The summed E-state index contributed by atoms with van der Waals surface area (Å²) >= 11 is 0. The minimum absolute atomic E-state index is 0.